The van der Waals surface area contributed by atoms with Gasteiger partial charge in [-0.15, -0.1) is 0 Å². The van der Waals surface area contributed by atoms with E-state index in [1.165, 1.54) is 0 Å². The summed E-state index contributed by atoms with van der Waals surface area (Å²) in [7, 11) is 0. The van der Waals surface area contributed by atoms with Crippen LogP contribution in [0.25, 0.3) is 11.0 Å². The number of anilines is 1. The monoisotopic (exact) mass is 409 g/mol. The van der Waals surface area contributed by atoms with Gasteiger partial charge in [0.2, 0.25) is 6.23 Å². The smallest absolute Gasteiger partial charge is 0.412 e. The lowest BCUT2D eigenvalue weighted by Gasteiger charge is -2.31. The van der Waals surface area contributed by atoms with Gasteiger partial charge in [-0.2, -0.15) is 0 Å². The number of piperazine rings is 1. The van der Waals surface area contributed by atoms with Gasteiger partial charge < -0.3 is 19.9 Å². The Morgan fingerprint density at radius 3 is 2.72 bits per heavy atom. The molecular formula is C21H20ClN5O2. The SMILES string of the molecule is O=C(OC1c2ccccc2CN1c1ccc2ccc(Cl)nc2n1)N1CCNCC1. The van der Waals surface area contributed by atoms with Crippen molar-refractivity contribution in [3.63, 3.8) is 0 Å². The number of fused-ring (bicyclic) bond motifs is 2. The first-order chi connectivity index (χ1) is 14.2. The topological polar surface area (TPSA) is 70.6 Å². The molecule has 5 rings (SSSR count). The minimum atomic E-state index is -0.530. The number of carbonyl (C=O) groups excluding carboxylic acids is 1. The predicted molar refractivity (Wildman–Crippen MR) is 111 cm³/mol. The molecule has 148 valence electrons. The van der Waals surface area contributed by atoms with Gasteiger partial charge in [-0.1, -0.05) is 35.9 Å². The van der Waals surface area contributed by atoms with Gasteiger partial charge in [0.25, 0.3) is 0 Å². The summed E-state index contributed by atoms with van der Waals surface area (Å²) >= 11 is 6.04. The second kappa shape index (κ2) is 7.50. The number of carbonyl (C=O) groups is 1. The van der Waals surface area contributed by atoms with Gasteiger partial charge in [0, 0.05) is 43.7 Å². The molecule has 1 amide bonds. The Labute approximate surface area is 173 Å². The standard InChI is InChI=1S/C21H20ClN5O2/c22-17-7-5-14-6-8-18(25-19(14)24-17)27-13-15-3-1-2-4-16(15)20(27)29-21(28)26-11-9-23-10-12-26/h1-8,20,23H,9-13H2. The molecule has 1 atom stereocenters. The molecule has 7 nitrogen and oxygen atoms in total. The van der Waals surface area contributed by atoms with Crippen LogP contribution in [0.15, 0.2) is 48.5 Å². The largest absolute Gasteiger partial charge is 0.421 e. The molecule has 0 bridgehead atoms. The van der Waals surface area contributed by atoms with Crippen LogP contribution in [0, 0.1) is 0 Å². The Balaban J connectivity index is 1.48. The van der Waals surface area contributed by atoms with Crippen LogP contribution in [-0.4, -0.2) is 47.1 Å². The second-order valence-electron chi connectivity index (χ2n) is 7.15. The van der Waals surface area contributed by atoms with E-state index in [1.807, 2.05) is 41.3 Å². The first kappa shape index (κ1) is 18.1. The maximum Gasteiger partial charge on any atom is 0.412 e. The molecule has 0 aliphatic carbocycles. The zero-order valence-corrected chi connectivity index (χ0v) is 16.5. The van der Waals surface area contributed by atoms with E-state index in [1.54, 1.807) is 11.0 Å². The summed E-state index contributed by atoms with van der Waals surface area (Å²) in [5, 5.41) is 4.55. The van der Waals surface area contributed by atoms with Crippen molar-refractivity contribution >= 4 is 34.5 Å². The minimum Gasteiger partial charge on any atom is -0.421 e. The van der Waals surface area contributed by atoms with Crippen molar-refractivity contribution in [1.82, 2.24) is 20.2 Å². The number of aromatic nitrogens is 2. The summed E-state index contributed by atoms with van der Waals surface area (Å²) in [5.74, 6) is 0.696. The van der Waals surface area contributed by atoms with Crippen molar-refractivity contribution in [1.29, 1.82) is 0 Å². The van der Waals surface area contributed by atoms with Crippen LogP contribution >= 0.6 is 11.6 Å². The molecule has 0 saturated carbocycles. The minimum absolute atomic E-state index is 0.305. The summed E-state index contributed by atoms with van der Waals surface area (Å²) in [5.41, 5.74) is 2.67. The van der Waals surface area contributed by atoms with Gasteiger partial charge in [-0.3, -0.25) is 0 Å². The summed E-state index contributed by atoms with van der Waals surface area (Å²) < 4.78 is 5.98. The maximum absolute atomic E-state index is 12.8. The fourth-order valence-electron chi connectivity index (χ4n) is 3.82. The van der Waals surface area contributed by atoms with Crippen molar-refractivity contribution in [2.24, 2.45) is 0 Å². The molecule has 8 heteroatoms. The number of rotatable bonds is 2. The molecule has 1 saturated heterocycles. The molecule has 1 N–H and O–H groups in total. The third kappa shape index (κ3) is 3.47. The van der Waals surface area contributed by atoms with E-state index in [-0.39, 0.29) is 6.09 Å². The van der Waals surface area contributed by atoms with E-state index >= 15 is 0 Å². The number of benzene rings is 1. The Kier molecular flexibility index (Phi) is 4.69. The third-order valence-electron chi connectivity index (χ3n) is 5.33. The average molecular weight is 410 g/mol. The highest BCUT2D eigenvalue weighted by molar-refractivity contribution is 6.29. The van der Waals surface area contributed by atoms with Gasteiger partial charge in [-0.05, 0) is 29.8 Å². The first-order valence-corrected chi connectivity index (χ1v) is 10.0. The van der Waals surface area contributed by atoms with Gasteiger partial charge >= 0.3 is 6.09 Å². The lowest BCUT2D eigenvalue weighted by atomic mass is 10.1. The first-order valence-electron chi connectivity index (χ1n) is 9.63. The number of halogens is 1. The molecule has 29 heavy (non-hydrogen) atoms. The van der Waals surface area contributed by atoms with Crippen LogP contribution in [0.5, 0.6) is 0 Å². The Morgan fingerprint density at radius 2 is 1.86 bits per heavy atom. The van der Waals surface area contributed by atoms with Gasteiger partial charge in [0.15, 0.2) is 5.65 Å². The molecule has 4 heterocycles. The molecule has 3 aromatic rings. The zero-order chi connectivity index (χ0) is 19.8. The molecule has 2 aromatic heterocycles. The number of hydrogen-bond acceptors (Lipinski definition) is 6. The van der Waals surface area contributed by atoms with Gasteiger partial charge in [0.1, 0.15) is 11.0 Å². The van der Waals surface area contributed by atoms with Crippen molar-refractivity contribution in [2.45, 2.75) is 12.8 Å². The second-order valence-corrected chi connectivity index (χ2v) is 7.54. The van der Waals surface area contributed by atoms with Gasteiger partial charge in [-0.25, -0.2) is 14.8 Å². The Hall–Kier alpha value is -2.90. The van der Waals surface area contributed by atoms with Crippen molar-refractivity contribution in [3.8, 4) is 0 Å². The highest BCUT2D eigenvalue weighted by atomic mass is 35.5. The highest BCUT2D eigenvalue weighted by Crippen LogP contribution is 2.38. The molecule has 2 aliphatic rings. The van der Waals surface area contributed by atoms with Crippen LogP contribution in [-0.2, 0) is 11.3 Å². The molecular weight excluding hydrogens is 390 g/mol. The summed E-state index contributed by atoms with van der Waals surface area (Å²) in [6.07, 6.45) is -0.835. The van der Waals surface area contributed by atoms with E-state index in [9.17, 15) is 4.79 Å². The number of nitrogens with one attached hydrogen (secondary N) is 1. The summed E-state index contributed by atoms with van der Waals surface area (Å²) in [4.78, 5) is 25.5. The third-order valence-corrected chi connectivity index (χ3v) is 5.54. The molecule has 2 aliphatic heterocycles. The number of hydrogen-bond donors (Lipinski definition) is 1. The zero-order valence-electron chi connectivity index (χ0n) is 15.7. The maximum atomic E-state index is 12.8. The van der Waals surface area contributed by atoms with E-state index in [0.717, 1.165) is 29.6 Å². The van der Waals surface area contributed by atoms with Crippen LogP contribution in [0.1, 0.15) is 17.4 Å². The molecule has 1 fully saturated rings. The number of nitrogens with zero attached hydrogens (tertiary/aromatic N) is 4. The number of pyridine rings is 2. The van der Waals surface area contributed by atoms with Crippen molar-refractivity contribution in [3.05, 3.63) is 64.8 Å². The molecule has 0 radical (unpaired) electrons. The predicted octanol–water partition coefficient (Wildman–Crippen LogP) is 3.34. The lowest BCUT2D eigenvalue weighted by molar-refractivity contribution is 0.0603. The van der Waals surface area contributed by atoms with Gasteiger partial charge in [0.05, 0.1) is 0 Å². The fourth-order valence-corrected chi connectivity index (χ4v) is 3.97. The van der Waals surface area contributed by atoms with Crippen LogP contribution < -0.4 is 10.2 Å². The van der Waals surface area contributed by atoms with E-state index < -0.39 is 6.23 Å². The van der Waals surface area contributed by atoms with Crippen LogP contribution in [0.2, 0.25) is 5.15 Å². The van der Waals surface area contributed by atoms with Crippen LogP contribution in [0.3, 0.4) is 0 Å². The number of ether oxygens (including phenoxy) is 1. The van der Waals surface area contributed by atoms with Crippen molar-refractivity contribution in [2.75, 3.05) is 31.1 Å². The van der Waals surface area contributed by atoms with Crippen LogP contribution in [0.4, 0.5) is 10.6 Å². The Morgan fingerprint density at radius 1 is 1.07 bits per heavy atom. The lowest BCUT2D eigenvalue weighted by Crippen LogP contribution is -2.47. The average Bonchev–Trinajstić information content (AvgIpc) is 3.12. The molecule has 1 unspecified atom stereocenters. The Bertz CT molecular complexity index is 1070. The van der Waals surface area contributed by atoms with E-state index in [4.69, 9.17) is 16.3 Å². The highest BCUT2D eigenvalue weighted by Gasteiger charge is 2.35. The van der Waals surface area contributed by atoms with E-state index in [2.05, 4.69) is 21.4 Å². The summed E-state index contributed by atoms with van der Waals surface area (Å²) in [6, 6.07) is 15.5. The number of amides is 1. The fraction of sp³-hybridized carbons (Fsp3) is 0.286. The molecule has 0 spiro atoms. The molecule has 1 aromatic carbocycles. The van der Waals surface area contributed by atoms with E-state index in [0.29, 0.717) is 36.3 Å². The quantitative estimate of drug-likeness (QED) is 0.654. The summed E-state index contributed by atoms with van der Waals surface area (Å²) in [6.45, 7) is 3.44. The van der Waals surface area contributed by atoms with Crippen molar-refractivity contribution < 1.29 is 9.53 Å². The normalized spacial score (nSPS) is 18.7.